The van der Waals surface area contributed by atoms with Crippen LogP contribution in [0.15, 0.2) is 48.9 Å². The highest BCUT2D eigenvalue weighted by Crippen LogP contribution is 2.18. The molecular formula is C20H24ClN5O2. The molecule has 8 heteroatoms. The van der Waals surface area contributed by atoms with E-state index in [0.29, 0.717) is 29.7 Å². The molecule has 0 radical (unpaired) electrons. The largest absolute Gasteiger partial charge is 0.471 e. The molecule has 0 atom stereocenters. The summed E-state index contributed by atoms with van der Waals surface area (Å²) in [6.07, 6.45) is 5.82. The van der Waals surface area contributed by atoms with Crippen molar-refractivity contribution in [3.63, 3.8) is 0 Å². The van der Waals surface area contributed by atoms with Crippen LogP contribution in [0.2, 0.25) is 5.02 Å². The van der Waals surface area contributed by atoms with Crippen LogP contribution in [0.4, 0.5) is 0 Å². The molecule has 0 aliphatic heterocycles. The number of hydrogen-bond donors (Lipinski definition) is 1. The Morgan fingerprint density at radius 2 is 2.00 bits per heavy atom. The lowest BCUT2D eigenvalue weighted by Crippen LogP contribution is -2.26. The lowest BCUT2D eigenvalue weighted by atomic mass is 10.0. The monoisotopic (exact) mass is 401 g/mol. The summed E-state index contributed by atoms with van der Waals surface area (Å²) >= 11 is 5.82. The van der Waals surface area contributed by atoms with E-state index >= 15 is 0 Å². The van der Waals surface area contributed by atoms with Gasteiger partial charge in [-0.2, -0.15) is 10.2 Å². The molecule has 3 aromatic rings. The van der Waals surface area contributed by atoms with Gasteiger partial charge in [-0.25, -0.2) is 4.68 Å². The first-order valence-corrected chi connectivity index (χ1v) is 9.61. The first kappa shape index (κ1) is 19.9. The SMILES string of the molecule is CC(C)c1ccc(OCn2ccc(C(=O)NCCCn3cc(Cl)cn3)n2)cc1. The predicted octanol–water partition coefficient (Wildman–Crippen LogP) is 3.71. The molecule has 1 N–H and O–H groups in total. The number of rotatable bonds is 9. The van der Waals surface area contributed by atoms with Crippen LogP contribution >= 0.6 is 11.6 Å². The highest BCUT2D eigenvalue weighted by Gasteiger charge is 2.09. The second-order valence-corrected chi connectivity index (χ2v) is 7.21. The van der Waals surface area contributed by atoms with Crippen LogP contribution in [0.5, 0.6) is 5.75 Å². The minimum Gasteiger partial charge on any atom is -0.471 e. The predicted molar refractivity (Wildman–Crippen MR) is 108 cm³/mol. The normalized spacial score (nSPS) is 11.0. The summed E-state index contributed by atoms with van der Waals surface area (Å²) in [7, 11) is 0. The molecule has 0 unspecified atom stereocenters. The third-order valence-corrected chi connectivity index (χ3v) is 4.43. The van der Waals surface area contributed by atoms with Gasteiger partial charge in [-0.15, -0.1) is 0 Å². The van der Waals surface area contributed by atoms with Gasteiger partial charge in [0.05, 0.1) is 11.2 Å². The minimum absolute atomic E-state index is 0.210. The number of benzene rings is 1. The Hall–Kier alpha value is -2.80. The molecular weight excluding hydrogens is 378 g/mol. The van der Waals surface area contributed by atoms with Crippen molar-refractivity contribution in [2.75, 3.05) is 6.54 Å². The van der Waals surface area contributed by atoms with Crippen molar-refractivity contribution in [3.05, 3.63) is 65.2 Å². The van der Waals surface area contributed by atoms with E-state index < -0.39 is 0 Å². The minimum atomic E-state index is -0.210. The fourth-order valence-electron chi connectivity index (χ4n) is 2.64. The number of carbonyl (C=O) groups is 1. The number of nitrogens with zero attached hydrogens (tertiary/aromatic N) is 4. The number of aryl methyl sites for hydroxylation is 1. The molecule has 1 aromatic carbocycles. The van der Waals surface area contributed by atoms with Crippen LogP contribution in [0, 0.1) is 0 Å². The van der Waals surface area contributed by atoms with Crippen molar-refractivity contribution in [3.8, 4) is 5.75 Å². The van der Waals surface area contributed by atoms with Crippen LogP contribution in [-0.2, 0) is 13.3 Å². The summed E-state index contributed by atoms with van der Waals surface area (Å²) in [5, 5.41) is 11.8. The second kappa shape index (κ2) is 9.41. The maximum Gasteiger partial charge on any atom is 0.271 e. The molecule has 0 saturated carbocycles. The zero-order chi connectivity index (χ0) is 19.9. The number of halogens is 1. The standard InChI is InChI=1S/C20H24ClN5O2/c1-15(2)16-4-6-18(7-5-16)28-14-26-11-8-19(24-26)20(27)22-9-3-10-25-13-17(21)12-23-25/h4-8,11-13,15H,3,9-10,14H2,1-2H3,(H,22,27). The van der Waals surface area contributed by atoms with Crippen molar-refractivity contribution >= 4 is 17.5 Å². The van der Waals surface area contributed by atoms with Gasteiger partial charge in [-0.05, 0) is 36.1 Å². The van der Waals surface area contributed by atoms with Gasteiger partial charge in [0.15, 0.2) is 6.73 Å². The van der Waals surface area contributed by atoms with E-state index in [4.69, 9.17) is 16.3 Å². The molecule has 0 aliphatic carbocycles. The van der Waals surface area contributed by atoms with Gasteiger partial charge in [0, 0.05) is 25.5 Å². The Labute approximate surface area is 169 Å². The van der Waals surface area contributed by atoms with Gasteiger partial charge < -0.3 is 10.1 Å². The van der Waals surface area contributed by atoms with E-state index in [0.717, 1.165) is 12.2 Å². The first-order chi connectivity index (χ1) is 13.5. The summed E-state index contributed by atoms with van der Waals surface area (Å²) in [5.74, 6) is 1.04. The van der Waals surface area contributed by atoms with Crippen LogP contribution in [0.1, 0.15) is 42.2 Å². The van der Waals surface area contributed by atoms with Crippen molar-refractivity contribution < 1.29 is 9.53 Å². The summed E-state index contributed by atoms with van der Waals surface area (Å²) < 4.78 is 9.06. The van der Waals surface area contributed by atoms with E-state index in [-0.39, 0.29) is 12.6 Å². The maximum atomic E-state index is 12.2. The molecule has 0 aliphatic rings. The topological polar surface area (TPSA) is 74.0 Å². The van der Waals surface area contributed by atoms with E-state index in [2.05, 4.69) is 41.5 Å². The van der Waals surface area contributed by atoms with Gasteiger partial charge in [0.2, 0.25) is 0 Å². The molecule has 2 aromatic heterocycles. The number of hydrogen-bond acceptors (Lipinski definition) is 4. The van der Waals surface area contributed by atoms with Crippen molar-refractivity contribution in [1.82, 2.24) is 24.9 Å². The van der Waals surface area contributed by atoms with Gasteiger partial charge in [0.1, 0.15) is 11.4 Å². The number of carbonyl (C=O) groups excluding carboxylic acids is 1. The number of ether oxygens (including phenoxy) is 1. The number of amides is 1. The highest BCUT2D eigenvalue weighted by atomic mass is 35.5. The van der Waals surface area contributed by atoms with Crippen LogP contribution in [-0.4, -0.2) is 32.0 Å². The summed E-state index contributed by atoms with van der Waals surface area (Å²) in [6, 6.07) is 9.67. The quantitative estimate of drug-likeness (QED) is 0.554. The molecule has 148 valence electrons. The van der Waals surface area contributed by atoms with E-state index in [9.17, 15) is 4.79 Å². The molecule has 0 fully saturated rings. The molecule has 7 nitrogen and oxygen atoms in total. The Morgan fingerprint density at radius 1 is 1.21 bits per heavy atom. The fraction of sp³-hybridized carbons (Fsp3) is 0.350. The Bertz CT molecular complexity index is 901. The maximum absolute atomic E-state index is 12.2. The van der Waals surface area contributed by atoms with Gasteiger partial charge in [-0.1, -0.05) is 37.6 Å². The summed E-state index contributed by atoms with van der Waals surface area (Å²) in [4.78, 5) is 12.2. The van der Waals surface area contributed by atoms with E-state index in [1.54, 1.807) is 34.0 Å². The molecule has 28 heavy (non-hydrogen) atoms. The van der Waals surface area contributed by atoms with Gasteiger partial charge >= 0.3 is 0 Å². The van der Waals surface area contributed by atoms with Gasteiger partial charge in [0.25, 0.3) is 5.91 Å². The van der Waals surface area contributed by atoms with Crippen molar-refractivity contribution in [2.24, 2.45) is 0 Å². The van der Waals surface area contributed by atoms with Crippen molar-refractivity contribution in [2.45, 2.75) is 39.5 Å². The van der Waals surface area contributed by atoms with Crippen LogP contribution < -0.4 is 10.1 Å². The smallest absolute Gasteiger partial charge is 0.271 e. The molecule has 2 heterocycles. The lowest BCUT2D eigenvalue weighted by Gasteiger charge is -2.09. The fourth-order valence-corrected chi connectivity index (χ4v) is 2.79. The lowest BCUT2D eigenvalue weighted by molar-refractivity contribution is 0.0945. The molecule has 1 amide bonds. The summed E-state index contributed by atoms with van der Waals surface area (Å²) in [6.45, 7) is 5.76. The summed E-state index contributed by atoms with van der Waals surface area (Å²) in [5.41, 5.74) is 1.63. The second-order valence-electron chi connectivity index (χ2n) is 6.77. The zero-order valence-electron chi connectivity index (χ0n) is 16.0. The van der Waals surface area contributed by atoms with Crippen molar-refractivity contribution in [1.29, 1.82) is 0 Å². The van der Waals surface area contributed by atoms with E-state index in [1.807, 2.05) is 12.1 Å². The molecule has 0 spiro atoms. The van der Waals surface area contributed by atoms with E-state index in [1.165, 1.54) is 5.56 Å². The molecule has 0 bridgehead atoms. The Balaban J connectivity index is 1.41. The molecule has 0 saturated heterocycles. The first-order valence-electron chi connectivity index (χ1n) is 9.23. The van der Waals surface area contributed by atoms with Gasteiger partial charge in [-0.3, -0.25) is 9.48 Å². The molecule has 3 rings (SSSR count). The Kier molecular flexibility index (Phi) is 6.71. The third kappa shape index (κ3) is 5.60. The zero-order valence-corrected chi connectivity index (χ0v) is 16.8. The highest BCUT2D eigenvalue weighted by molar-refractivity contribution is 6.30. The average Bonchev–Trinajstić information content (AvgIpc) is 3.33. The Morgan fingerprint density at radius 3 is 2.68 bits per heavy atom. The average molecular weight is 402 g/mol. The van der Waals surface area contributed by atoms with Crippen LogP contribution in [0.25, 0.3) is 0 Å². The van der Waals surface area contributed by atoms with Crippen LogP contribution in [0.3, 0.4) is 0 Å². The third-order valence-electron chi connectivity index (χ3n) is 4.23. The number of aromatic nitrogens is 4. The number of nitrogens with one attached hydrogen (secondary N) is 1.